The number of thiazole rings is 1. The minimum Gasteiger partial charge on any atom is -0.389 e. The number of benzene rings is 1. The van der Waals surface area contributed by atoms with E-state index < -0.39 is 0 Å². The number of rotatable bonds is 1. The van der Waals surface area contributed by atoms with Crippen molar-refractivity contribution >= 4 is 38.8 Å². The van der Waals surface area contributed by atoms with Gasteiger partial charge in [-0.3, -0.25) is 4.98 Å². The van der Waals surface area contributed by atoms with Crippen LogP contribution in [-0.4, -0.2) is 9.97 Å². The summed E-state index contributed by atoms with van der Waals surface area (Å²) in [5, 5.41) is 3.26. The van der Waals surface area contributed by atoms with Gasteiger partial charge in [-0.25, -0.2) is 4.98 Å². The first-order valence-electron chi connectivity index (χ1n) is 5.43. The zero-order chi connectivity index (χ0) is 12.7. The van der Waals surface area contributed by atoms with E-state index in [0.717, 1.165) is 27.2 Å². The topological polar surface area (TPSA) is 51.8 Å². The predicted octanol–water partition coefficient (Wildman–Crippen LogP) is 3.90. The molecule has 0 amide bonds. The van der Waals surface area contributed by atoms with Crippen molar-refractivity contribution in [3.05, 3.63) is 40.5 Å². The molecule has 0 aliphatic heterocycles. The second kappa shape index (κ2) is 4.23. The lowest BCUT2D eigenvalue weighted by molar-refractivity contribution is 1.30. The van der Waals surface area contributed by atoms with Crippen LogP contribution < -0.4 is 5.73 Å². The summed E-state index contributed by atoms with van der Waals surface area (Å²) < 4.78 is 0. The van der Waals surface area contributed by atoms with Gasteiger partial charge >= 0.3 is 0 Å². The molecule has 3 rings (SSSR count). The molecule has 2 N–H and O–H groups in total. The van der Waals surface area contributed by atoms with Gasteiger partial charge in [0, 0.05) is 17.1 Å². The second-order valence-corrected chi connectivity index (χ2v) is 5.58. The summed E-state index contributed by atoms with van der Waals surface area (Å²) in [7, 11) is 0. The van der Waals surface area contributed by atoms with Gasteiger partial charge < -0.3 is 5.73 Å². The lowest BCUT2D eigenvalue weighted by atomic mass is 10.1. The number of fused-ring (bicyclic) bond motifs is 1. The number of nitrogens with zero attached hydrogens (tertiary/aromatic N) is 2. The Morgan fingerprint density at radius 3 is 2.83 bits per heavy atom. The fourth-order valence-electron chi connectivity index (χ4n) is 1.96. The molecule has 0 fully saturated rings. The highest BCUT2D eigenvalue weighted by Crippen LogP contribution is 2.36. The number of aromatic nitrogens is 2. The first kappa shape index (κ1) is 11.4. The minimum atomic E-state index is 0.687. The third-order valence-electron chi connectivity index (χ3n) is 2.73. The van der Waals surface area contributed by atoms with Gasteiger partial charge in [0.15, 0.2) is 0 Å². The maximum Gasteiger partial charge on any atom is 0.114 e. The number of hydrogen-bond donors (Lipinski definition) is 1. The number of aryl methyl sites for hydroxylation is 1. The van der Waals surface area contributed by atoms with Crippen LogP contribution in [0.4, 0.5) is 5.00 Å². The van der Waals surface area contributed by atoms with Gasteiger partial charge in [-0.05, 0) is 31.2 Å². The molecule has 0 saturated carbocycles. The van der Waals surface area contributed by atoms with E-state index in [2.05, 4.69) is 9.97 Å². The van der Waals surface area contributed by atoms with Crippen LogP contribution in [0, 0.1) is 6.92 Å². The molecule has 0 radical (unpaired) electrons. The molecule has 2 aromatic heterocycles. The average molecular weight is 276 g/mol. The summed E-state index contributed by atoms with van der Waals surface area (Å²) in [6.45, 7) is 1.94. The normalized spacial score (nSPS) is 11.0. The molecule has 0 aliphatic carbocycles. The molecular weight excluding hydrogens is 266 g/mol. The Bertz CT molecular complexity index is 736. The fourth-order valence-corrected chi connectivity index (χ4v) is 2.89. The maximum absolute atomic E-state index is 6.17. The molecule has 0 atom stereocenters. The van der Waals surface area contributed by atoms with Crippen molar-refractivity contribution in [2.75, 3.05) is 5.73 Å². The third-order valence-corrected chi connectivity index (χ3v) is 3.86. The van der Waals surface area contributed by atoms with Gasteiger partial charge in [0.25, 0.3) is 0 Å². The van der Waals surface area contributed by atoms with Crippen molar-refractivity contribution in [1.29, 1.82) is 0 Å². The Balaban J connectivity index is 2.37. The lowest BCUT2D eigenvalue weighted by Crippen LogP contribution is -1.89. The smallest absolute Gasteiger partial charge is 0.114 e. The van der Waals surface area contributed by atoms with Crippen molar-refractivity contribution in [3.8, 4) is 11.3 Å². The van der Waals surface area contributed by atoms with Crippen LogP contribution in [0.3, 0.4) is 0 Å². The van der Waals surface area contributed by atoms with Gasteiger partial charge in [-0.15, -0.1) is 11.3 Å². The van der Waals surface area contributed by atoms with E-state index >= 15 is 0 Å². The fraction of sp³-hybridized carbons (Fsp3) is 0.0769. The van der Waals surface area contributed by atoms with Crippen LogP contribution in [0.5, 0.6) is 0 Å². The summed E-state index contributed by atoms with van der Waals surface area (Å²) in [5.74, 6) is 0. The van der Waals surface area contributed by atoms with E-state index in [9.17, 15) is 0 Å². The van der Waals surface area contributed by atoms with E-state index in [4.69, 9.17) is 17.3 Å². The van der Waals surface area contributed by atoms with Crippen LogP contribution in [0.15, 0.2) is 30.5 Å². The van der Waals surface area contributed by atoms with Gasteiger partial charge in [0.2, 0.25) is 0 Å². The number of anilines is 1. The molecular formula is C13H10ClN3S. The van der Waals surface area contributed by atoms with Crippen molar-refractivity contribution in [2.24, 2.45) is 0 Å². The molecule has 90 valence electrons. The summed E-state index contributed by atoms with van der Waals surface area (Å²) in [6, 6.07) is 7.59. The number of nitrogens with two attached hydrogens (primary N) is 1. The van der Waals surface area contributed by atoms with E-state index in [1.807, 2.05) is 31.2 Å². The first-order valence-corrected chi connectivity index (χ1v) is 6.63. The molecule has 0 bridgehead atoms. The van der Waals surface area contributed by atoms with Crippen LogP contribution in [0.25, 0.3) is 22.2 Å². The van der Waals surface area contributed by atoms with Crippen LogP contribution >= 0.6 is 22.9 Å². The standard InChI is InChI=1S/C13H10ClN3S/c1-7-17-12(13(15)18-7)9-4-5-10(14)8-3-2-6-16-11(8)9/h2-6H,15H2,1H3. The maximum atomic E-state index is 6.17. The Labute approximate surface area is 113 Å². The third kappa shape index (κ3) is 1.74. The summed E-state index contributed by atoms with van der Waals surface area (Å²) in [5.41, 5.74) is 8.55. The highest BCUT2D eigenvalue weighted by atomic mass is 35.5. The highest BCUT2D eigenvalue weighted by Gasteiger charge is 2.13. The summed E-state index contributed by atoms with van der Waals surface area (Å²) >= 11 is 7.66. The van der Waals surface area contributed by atoms with Gasteiger partial charge in [0.1, 0.15) is 10.7 Å². The average Bonchev–Trinajstić information content (AvgIpc) is 2.69. The largest absolute Gasteiger partial charge is 0.389 e. The van der Waals surface area contributed by atoms with Gasteiger partial charge in [-0.1, -0.05) is 11.6 Å². The van der Waals surface area contributed by atoms with Crippen molar-refractivity contribution in [1.82, 2.24) is 9.97 Å². The van der Waals surface area contributed by atoms with Crippen LogP contribution in [0.1, 0.15) is 5.01 Å². The van der Waals surface area contributed by atoms with E-state index in [-0.39, 0.29) is 0 Å². The van der Waals surface area contributed by atoms with Crippen molar-refractivity contribution < 1.29 is 0 Å². The van der Waals surface area contributed by atoms with Gasteiger partial charge in [0.05, 0.1) is 15.5 Å². The summed E-state index contributed by atoms with van der Waals surface area (Å²) in [4.78, 5) is 8.86. The van der Waals surface area contributed by atoms with Crippen LogP contribution in [-0.2, 0) is 0 Å². The number of halogens is 1. The second-order valence-electron chi connectivity index (χ2n) is 3.94. The molecule has 0 aliphatic rings. The number of pyridine rings is 1. The Morgan fingerprint density at radius 2 is 2.11 bits per heavy atom. The quantitative estimate of drug-likeness (QED) is 0.733. The number of nitrogen functional groups attached to an aromatic ring is 1. The number of hydrogen-bond acceptors (Lipinski definition) is 4. The van der Waals surface area contributed by atoms with Crippen molar-refractivity contribution in [3.63, 3.8) is 0 Å². The highest BCUT2D eigenvalue weighted by molar-refractivity contribution is 7.16. The molecule has 1 aromatic carbocycles. The zero-order valence-electron chi connectivity index (χ0n) is 9.64. The van der Waals surface area contributed by atoms with E-state index in [1.54, 1.807) is 6.20 Å². The molecule has 2 heterocycles. The molecule has 0 unspecified atom stereocenters. The van der Waals surface area contributed by atoms with E-state index in [1.165, 1.54) is 11.3 Å². The Morgan fingerprint density at radius 1 is 1.28 bits per heavy atom. The van der Waals surface area contributed by atoms with E-state index in [0.29, 0.717) is 10.0 Å². The lowest BCUT2D eigenvalue weighted by Gasteiger charge is -2.05. The van der Waals surface area contributed by atoms with Crippen molar-refractivity contribution in [2.45, 2.75) is 6.92 Å². The molecule has 0 saturated heterocycles. The molecule has 5 heteroatoms. The Hall–Kier alpha value is -1.65. The van der Waals surface area contributed by atoms with Gasteiger partial charge in [-0.2, -0.15) is 0 Å². The monoisotopic (exact) mass is 275 g/mol. The SMILES string of the molecule is Cc1nc(-c2ccc(Cl)c3cccnc23)c(N)s1. The molecule has 3 nitrogen and oxygen atoms in total. The molecule has 0 spiro atoms. The Kier molecular flexibility index (Phi) is 2.69. The minimum absolute atomic E-state index is 0.687. The molecule has 18 heavy (non-hydrogen) atoms. The first-order chi connectivity index (χ1) is 8.66. The van der Waals surface area contributed by atoms with Crippen LogP contribution in [0.2, 0.25) is 5.02 Å². The summed E-state index contributed by atoms with van der Waals surface area (Å²) in [6.07, 6.45) is 1.75. The predicted molar refractivity (Wildman–Crippen MR) is 77.0 cm³/mol. The molecule has 3 aromatic rings. The zero-order valence-corrected chi connectivity index (χ0v) is 11.2.